The second-order valence-corrected chi connectivity index (χ2v) is 9.42. The van der Waals surface area contributed by atoms with Gasteiger partial charge in [-0.15, -0.1) is 11.3 Å². The number of aliphatic imine (C=N–C) groups is 1. The highest BCUT2D eigenvalue weighted by Gasteiger charge is 2.43. The molecule has 3 rings (SSSR count). The number of rotatable bonds is 7. The Morgan fingerprint density at radius 3 is 2.50 bits per heavy atom. The van der Waals surface area contributed by atoms with E-state index in [0.717, 1.165) is 35.3 Å². The number of benzene rings is 1. The fraction of sp³-hybridized carbons (Fsp3) is 0.389. The van der Waals surface area contributed by atoms with Gasteiger partial charge in [0.15, 0.2) is 5.96 Å². The molecule has 1 aromatic heterocycles. The molecule has 1 saturated carbocycles. The van der Waals surface area contributed by atoms with Crippen molar-refractivity contribution in [2.24, 2.45) is 10.1 Å². The van der Waals surface area contributed by atoms with Crippen LogP contribution >= 0.6 is 11.3 Å². The van der Waals surface area contributed by atoms with E-state index < -0.39 is 10.0 Å². The number of thiophene rings is 1. The quantitative estimate of drug-likeness (QED) is 0.497. The zero-order valence-corrected chi connectivity index (χ0v) is 16.4. The minimum Gasteiger partial charge on any atom is -0.357 e. The molecule has 1 fully saturated rings. The van der Waals surface area contributed by atoms with Crippen LogP contribution in [0.3, 0.4) is 0 Å². The van der Waals surface area contributed by atoms with Crippen molar-refractivity contribution in [2.45, 2.75) is 35.9 Å². The van der Waals surface area contributed by atoms with Gasteiger partial charge in [0, 0.05) is 23.4 Å². The Hall–Kier alpha value is -1.90. The molecule has 0 saturated heterocycles. The SMILES string of the molecule is CCNC(=NCc1ccc(S(N)(=O)=O)s1)NCC1(c2ccccc2)CC1. The van der Waals surface area contributed by atoms with Crippen LogP contribution in [-0.2, 0) is 22.0 Å². The van der Waals surface area contributed by atoms with Crippen molar-refractivity contribution in [3.8, 4) is 0 Å². The molecular formula is C18H24N4O2S2. The average molecular weight is 393 g/mol. The highest BCUT2D eigenvalue weighted by molar-refractivity contribution is 7.91. The van der Waals surface area contributed by atoms with Gasteiger partial charge in [0.2, 0.25) is 10.0 Å². The third-order valence-electron chi connectivity index (χ3n) is 4.49. The van der Waals surface area contributed by atoms with E-state index in [4.69, 9.17) is 5.14 Å². The third-order valence-corrected chi connectivity index (χ3v) is 7.00. The van der Waals surface area contributed by atoms with Crippen LogP contribution < -0.4 is 15.8 Å². The molecule has 140 valence electrons. The number of sulfonamides is 1. The van der Waals surface area contributed by atoms with E-state index in [9.17, 15) is 8.42 Å². The summed E-state index contributed by atoms with van der Waals surface area (Å²) in [6.45, 7) is 4.02. The largest absolute Gasteiger partial charge is 0.357 e. The first-order valence-corrected chi connectivity index (χ1v) is 11.0. The zero-order valence-electron chi connectivity index (χ0n) is 14.7. The van der Waals surface area contributed by atoms with Gasteiger partial charge in [0.25, 0.3) is 0 Å². The van der Waals surface area contributed by atoms with Crippen LogP contribution in [0.4, 0.5) is 0 Å². The molecule has 0 unspecified atom stereocenters. The van der Waals surface area contributed by atoms with Crippen molar-refractivity contribution in [2.75, 3.05) is 13.1 Å². The van der Waals surface area contributed by atoms with E-state index >= 15 is 0 Å². The number of hydrogen-bond donors (Lipinski definition) is 3. The van der Waals surface area contributed by atoms with Gasteiger partial charge in [-0.2, -0.15) is 0 Å². The molecule has 2 aromatic rings. The summed E-state index contributed by atoms with van der Waals surface area (Å²) in [5, 5.41) is 11.8. The Balaban J connectivity index is 1.64. The summed E-state index contributed by atoms with van der Waals surface area (Å²) in [6, 6.07) is 13.8. The molecule has 26 heavy (non-hydrogen) atoms. The zero-order chi connectivity index (χ0) is 18.6. The maximum atomic E-state index is 11.4. The van der Waals surface area contributed by atoms with Gasteiger partial charge in [-0.3, -0.25) is 0 Å². The molecule has 8 heteroatoms. The molecular weight excluding hydrogens is 368 g/mol. The second-order valence-electron chi connectivity index (χ2n) is 6.46. The summed E-state index contributed by atoms with van der Waals surface area (Å²) in [5.41, 5.74) is 1.56. The summed E-state index contributed by atoms with van der Waals surface area (Å²) >= 11 is 1.16. The highest BCUT2D eigenvalue weighted by Crippen LogP contribution is 2.47. The molecule has 0 bridgehead atoms. The van der Waals surface area contributed by atoms with Crippen molar-refractivity contribution in [3.05, 3.63) is 52.9 Å². The monoisotopic (exact) mass is 392 g/mol. The summed E-state index contributed by atoms with van der Waals surface area (Å²) in [5.74, 6) is 0.736. The Labute approximate surface area is 158 Å². The lowest BCUT2D eigenvalue weighted by Gasteiger charge is -2.19. The number of guanidine groups is 1. The van der Waals surface area contributed by atoms with Crippen molar-refractivity contribution >= 4 is 27.3 Å². The second kappa shape index (κ2) is 7.77. The Bertz CT molecular complexity index is 872. The summed E-state index contributed by atoms with van der Waals surface area (Å²) in [7, 11) is -3.64. The molecule has 4 N–H and O–H groups in total. The summed E-state index contributed by atoms with van der Waals surface area (Å²) in [6.07, 6.45) is 2.35. The fourth-order valence-electron chi connectivity index (χ4n) is 2.86. The predicted octanol–water partition coefficient (Wildman–Crippen LogP) is 2.18. The average Bonchev–Trinajstić information content (AvgIpc) is 3.25. The molecule has 1 heterocycles. The van der Waals surface area contributed by atoms with Crippen LogP contribution in [0.25, 0.3) is 0 Å². The number of primary sulfonamides is 1. The Morgan fingerprint density at radius 2 is 1.92 bits per heavy atom. The Kier molecular flexibility index (Phi) is 5.64. The third kappa shape index (κ3) is 4.63. The van der Waals surface area contributed by atoms with Gasteiger partial charge in [0.05, 0.1) is 6.54 Å². The summed E-state index contributed by atoms with van der Waals surface area (Å²) in [4.78, 5) is 5.43. The lowest BCUT2D eigenvalue weighted by Crippen LogP contribution is -2.41. The van der Waals surface area contributed by atoms with E-state index in [2.05, 4.69) is 39.9 Å². The maximum Gasteiger partial charge on any atom is 0.247 e. The molecule has 0 amide bonds. The summed E-state index contributed by atoms with van der Waals surface area (Å²) < 4.78 is 22.9. The van der Waals surface area contributed by atoms with E-state index in [1.54, 1.807) is 6.07 Å². The first kappa shape index (κ1) is 18.9. The normalized spacial score (nSPS) is 16.3. The van der Waals surface area contributed by atoms with E-state index in [0.29, 0.717) is 6.54 Å². The smallest absolute Gasteiger partial charge is 0.247 e. The van der Waals surface area contributed by atoms with Crippen LogP contribution in [0.2, 0.25) is 0 Å². The van der Waals surface area contributed by atoms with Gasteiger partial charge in [-0.25, -0.2) is 18.5 Å². The van der Waals surface area contributed by atoms with Crippen molar-refractivity contribution in [1.82, 2.24) is 10.6 Å². The van der Waals surface area contributed by atoms with E-state index in [1.807, 2.05) is 13.0 Å². The predicted molar refractivity (Wildman–Crippen MR) is 106 cm³/mol. The van der Waals surface area contributed by atoms with Crippen molar-refractivity contribution in [3.63, 3.8) is 0 Å². The van der Waals surface area contributed by atoms with Gasteiger partial charge in [-0.05, 0) is 37.5 Å². The Morgan fingerprint density at radius 1 is 1.19 bits per heavy atom. The fourth-order valence-corrected chi connectivity index (χ4v) is 4.56. The number of nitrogens with zero attached hydrogens (tertiary/aromatic N) is 1. The van der Waals surface area contributed by atoms with Gasteiger partial charge >= 0.3 is 0 Å². The molecule has 6 nitrogen and oxygen atoms in total. The van der Waals surface area contributed by atoms with Crippen LogP contribution in [0, 0.1) is 0 Å². The maximum absolute atomic E-state index is 11.4. The minimum absolute atomic E-state index is 0.168. The number of nitrogens with one attached hydrogen (secondary N) is 2. The molecule has 0 radical (unpaired) electrons. The standard InChI is InChI=1S/C18H24N4O2S2/c1-2-20-17(21-12-15-8-9-16(25-15)26(19,23)24)22-13-18(10-11-18)14-6-4-3-5-7-14/h3-9H,2,10-13H2,1H3,(H2,19,23,24)(H2,20,21,22). The molecule has 0 aliphatic heterocycles. The van der Waals surface area contributed by atoms with Crippen molar-refractivity contribution < 1.29 is 8.42 Å². The van der Waals surface area contributed by atoms with E-state index in [1.165, 1.54) is 24.5 Å². The minimum atomic E-state index is -3.64. The number of nitrogens with two attached hydrogens (primary N) is 1. The van der Waals surface area contributed by atoms with E-state index in [-0.39, 0.29) is 9.62 Å². The molecule has 1 aromatic carbocycles. The van der Waals surface area contributed by atoms with Crippen LogP contribution in [0.5, 0.6) is 0 Å². The lowest BCUT2D eigenvalue weighted by atomic mass is 9.96. The number of hydrogen-bond acceptors (Lipinski definition) is 4. The van der Waals surface area contributed by atoms with Crippen LogP contribution in [0.15, 0.2) is 51.7 Å². The molecule has 1 aliphatic rings. The van der Waals surface area contributed by atoms with Gasteiger partial charge < -0.3 is 10.6 Å². The van der Waals surface area contributed by atoms with Gasteiger partial charge in [-0.1, -0.05) is 30.3 Å². The topological polar surface area (TPSA) is 96.6 Å². The molecule has 1 aliphatic carbocycles. The highest BCUT2D eigenvalue weighted by atomic mass is 32.2. The first-order valence-electron chi connectivity index (χ1n) is 8.62. The van der Waals surface area contributed by atoms with Crippen LogP contribution in [-0.4, -0.2) is 27.5 Å². The first-order chi connectivity index (χ1) is 12.4. The molecule has 0 spiro atoms. The molecule has 0 atom stereocenters. The van der Waals surface area contributed by atoms with Crippen LogP contribution in [0.1, 0.15) is 30.2 Å². The lowest BCUT2D eigenvalue weighted by molar-refractivity contribution is 0.600. The van der Waals surface area contributed by atoms with Gasteiger partial charge in [0.1, 0.15) is 4.21 Å². The van der Waals surface area contributed by atoms with Crippen molar-refractivity contribution in [1.29, 1.82) is 0 Å².